The Bertz CT molecular complexity index is 734. The van der Waals surface area contributed by atoms with Crippen LogP contribution in [-0.4, -0.2) is 48.9 Å². The number of para-hydroxylation sites is 1. The maximum Gasteiger partial charge on any atom is 0.274 e. The molecule has 2 amide bonds. The molecule has 0 bridgehead atoms. The Morgan fingerprint density at radius 1 is 1.17 bits per heavy atom. The van der Waals surface area contributed by atoms with Crippen molar-refractivity contribution in [2.24, 2.45) is 0 Å². The first-order chi connectivity index (χ1) is 11.5. The monoisotopic (exact) mass is 346 g/mol. The van der Waals surface area contributed by atoms with E-state index < -0.39 is 5.91 Å². The summed E-state index contributed by atoms with van der Waals surface area (Å²) in [7, 11) is 3.85. The minimum atomic E-state index is -0.425. The molecule has 1 aromatic carbocycles. The van der Waals surface area contributed by atoms with Crippen molar-refractivity contribution < 1.29 is 9.59 Å². The van der Waals surface area contributed by atoms with E-state index in [1.807, 2.05) is 19.0 Å². The van der Waals surface area contributed by atoms with Crippen molar-refractivity contribution in [2.45, 2.75) is 0 Å². The van der Waals surface area contributed by atoms with Crippen molar-refractivity contribution in [2.75, 3.05) is 32.5 Å². The van der Waals surface area contributed by atoms with Gasteiger partial charge in [0.2, 0.25) is 0 Å². The van der Waals surface area contributed by atoms with Crippen LogP contribution in [0.2, 0.25) is 5.02 Å². The normalized spacial score (nSPS) is 10.5. The highest BCUT2D eigenvalue weighted by atomic mass is 35.5. The van der Waals surface area contributed by atoms with E-state index in [0.29, 0.717) is 22.8 Å². The molecule has 0 spiro atoms. The highest BCUT2D eigenvalue weighted by Crippen LogP contribution is 2.21. The number of carbonyl (C=O) groups excluding carboxylic acids is 2. The van der Waals surface area contributed by atoms with Gasteiger partial charge < -0.3 is 15.5 Å². The van der Waals surface area contributed by atoms with Crippen molar-refractivity contribution in [3.8, 4) is 0 Å². The van der Waals surface area contributed by atoms with Crippen LogP contribution in [-0.2, 0) is 0 Å². The molecule has 6 nitrogen and oxygen atoms in total. The number of hydrogen-bond donors (Lipinski definition) is 2. The van der Waals surface area contributed by atoms with Crippen molar-refractivity contribution in [1.29, 1.82) is 0 Å². The summed E-state index contributed by atoms with van der Waals surface area (Å²) < 4.78 is 0. The number of likely N-dealkylation sites (N-methyl/N-ethyl adjacent to an activating group) is 1. The summed E-state index contributed by atoms with van der Waals surface area (Å²) in [6.45, 7) is 1.26. The Hall–Kier alpha value is -2.44. The maximum absolute atomic E-state index is 12.3. The molecule has 0 unspecified atom stereocenters. The van der Waals surface area contributed by atoms with Gasteiger partial charge in [0.05, 0.1) is 10.7 Å². The Morgan fingerprint density at radius 3 is 2.62 bits per heavy atom. The lowest BCUT2D eigenvalue weighted by Gasteiger charge is -2.11. The molecular weight excluding hydrogens is 328 g/mol. The van der Waals surface area contributed by atoms with Gasteiger partial charge in [-0.25, -0.2) is 0 Å². The number of amides is 2. The first-order valence-corrected chi connectivity index (χ1v) is 7.80. The second kappa shape index (κ2) is 8.42. The number of pyridine rings is 1. The number of benzene rings is 1. The van der Waals surface area contributed by atoms with Crippen molar-refractivity contribution in [3.63, 3.8) is 0 Å². The largest absolute Gasteiger partial charge is 0.351 e. The molecule has 0 radical (unpaired) electrons. The van der Waals surface area contributed by atoms with Gasteiger partial charge >= 0.3 is 0 Å². The molecule has 1 aromatic heterocycles. The third kappa shape index (κ3) is 5.04. The van der Waals surface area contributed by atoms with Crippen LogP contribution in [0.5, 0.6) is 0 Å². The molecule has 2 rings (SSSR count). The van der Waals surface area contributed by atoms with Gasteiger partial charge in [0.25, 0.3) is 11.8 Å². The van der Waals surface area contributed by atoms with Crippen LogP contribution in [0.4, 0.5) is 5.69 Å². The van der Waals surface area contributed by atoms with E-state index in [1.54, 1.807) is 30.3 Å². The zero-order valence-corrected chi connectivity index (χ0v) is 14.3. The number of nitrogens with zero attached hydrogens (tertiary/aromatic N) is 2. The molecule has 2 aromatic rings. The predicted molar refractivity (Wildman–Crippen MR) is 94.5 cm³/mol. The van der Waals surface area contributed by atoms with Gasteiger partial charge in [-0.1, -0.05) is 23.7 Å². The highest BCUT2D eigenvalue weighted by Gasteiger charge is 2.13. The number of halogens is 1. The van der Waals surface area contributed by atoms with Crippen LogP contribution in [0, 0.1) is 0 Å². The number of anilines is 1. The van der Waals surface area contributed by atoms with E-state index >= 15 is 0 Å². The molecule has 7 heteroatoms. The van der Waals surface area contributed by atoms with E-state index in [0.717, 1.165) is 6.54 Å². The van der Waals surface area contributed by atoms with Gasteiger partial charge in [-0.3, -0.25) is 14.6 Å². The van der Waals surface area contributed by atoms with Gasteiger partial charge in [-0.2, -0.15) is 0 Å². The molecule has 24 heavy (non-hydrogen) atoms. The minimum Gasteiger partial charge on any atom is -0.351 e. The van der Waals surface area contributed by atoms with Crippen LogP contribution in [0.3, 0.4) is 0 Å². The SMILES string of the molecule is CN(C)CCNC(=O)c1ccnc(C(=O)Nc2ccccc2Cl)c1. The van der Waals surface area contributed by atoms with Crippen molar-refractivity contribution >= 4 is 29.1 Å². The quantitative estimate of drug-likeness (QED) is 0.841. The summed E-state index contributed by atoms with van der Waals surface area (Å²) in [6, 6.07) is 9.93. The fourth-order valence-corrected chi connectivity index (χ4v) is 2.12. The molecule has 1 heterocycles. The van der Waals surface area contributed by atoms with Gasteiger partial charge in [0.1, 0.15) is 5.69 Å². The Balaban J connectivity index is 2.05. The number of carbonyl (C=O) groups is 2. The smallest absolute Gasteiger partial charge is 0.274 e. The molecule has 126 valence electrons. The van der Waals surface area contributed by atoms with Crippen LogP contribution < -0.4 is 10.6 Å². The Labute approximate surface area is 145 Å². The molecule has 0 aliphatic heterocycles. The molecule has 0 saturated heterocycles. The molecule has 0 saturated carbocycles. The number of rotatable bonds is 6. The zero-order chi connectivity index (χ0) is 17.5. The van der Waals surface area contributed by atoms with Crippen LogP contribution >= 0.6 is 11.6 Å². The topological polar surface area (TPSA) is 74.3 Å². The summed E-state index contributed by atoms with van der Waals surface area (Å²) in [5.74, 6) is -0.669. The highest BCUT2D eigenvalue weighted by molar-refractivity contribution is 6.33. The minimum absolute atomic E-state index is 0.148. The van der Waals surface area contributed by atoms with Gasteiger partial charge in [-0.15, -0.1) is 0 Å². The lowest BCUT2D eigenvalue weighted by molar-refractivity contribution is 0.0951. The van der Waals surface area contributed by atoms with Gasteiger partial charge in [-0.05, 0) is 38.4 Å². The summed E-state index contributed by atoms with van der Waals surface area (Å²) in [5.41, 5.74) is 1.02. The maximum atomic E-state index is 12.3. The summed E-state index contributed by atoms with van der Waals surface area (Å²) in [5, 5.41) is 5.91. The van der Waals surface area contributed by atoms with E-state index in [-0.39, 0.29) is 11.6 Å². The van der Waals surface area contributed by atoms with Crippen LogP contribution in [0.25, 0.3) is 0 Å². The van der Waals surface area contributed by atoms with Crippen molar-refractivity contribution in [3.05, 3.63) is 58.9 Å². The van der Waals surface area contributed by atoms with Gasteiger partial charge in [0.15, 0.2) is 0 Å². The third-order valence-electron chi connectivity index (χ3n) is 3.22. The first-order valence-electron chi connectivity index (χ1n) is 7.42. The first kappa shape index (κ1) is 17.9. The fraction of sp³-hybridized carbons (Fsp3) is 0.235. The second-order valence-electron chi connectivity index (χ2n) is 5.42. The molecule has 0 aliphatic carbocycles. The third-order valence-corrected chi connectivity index (χ3v) is 3.55. The lowest BCUT2D eigenvalue weighted by atomic mass is 10.2. The van der Waals surface area contributed by atoms with Crippen molar-refractivity contribution in [1.82, 2.24) is 15.2 Å². The standard InChI is InChI=1S/C17H19ClN4O2/c1-22(2)10-9-20-16(23)12-7-8-19-15(11-12)17(24)21-14-6-4-3-5-13(14)18/h3-8,11H,9-10H2,1-2H3,(H,20,23)(H,21,24). The van der Waals surface area contributed by atoms with E-state index in [1.165, 1.54) is 12.3 Å². The predicted octanol–water partition coefficient (Wildman–Crippen LogP) is 2.28. The lowest BCUT2D eigenvalue weighted by Crippen LogP contribution is -2.31. The van der Waals surface area contributed by atoms with E-state index in [9.17, 15) is 9.59 Å². The Kier molecular flexibility index (Phi) is 6.28. The van der Waals surface area contributed by atoms with Crippen LogP contribution in [0.1, 0.15) is 20.8 Å². The number of aromatic nitrogens is 1. The number of nitrogens with one attached hydrogen (secondary N) is 2. The number of hydrogen-bond acceptors (Lipinski definition) is 4. The van der Waals surface area contributed by atoms with Gasteiger partial charge in [0, 0.05) is 24.8 Å². The molecule has 0 atom stereocenters. The summed E-state index contributed by atoms with van der Waals surface area (Å²) in [6.07, 6.45) is 1.43. The Morgan fingerprint density at radius 2 is 1.92 bits per heavy atom. The average molecular weight is 347 g/mol. The average Bonchev–Trinajstić information content (AvgIpc) is 2.56. The summed E-state index contributed by atoms with van der Waals surface area (Å²) >= 11 is 6.02. The van der Waals surface area contributed by atoms with Crippen LogP contribution in [0.15, 0.2) is 42.6 Å². The fourth-order valence-electron chi connectivity index (χ4n) is 1.94. The van der Waals surface area contributed by atoms with E-state index in [4.69, 9.17) is 11.6 Å². The molecular formula is C17H19ClN4O2. The summed E-state index contributed by atoms with van der Waals surface area (Å²) in [4.78, 5) is 30.4. The molecule has 2 N–H and O–H groups in total. The van der Waals surface area contributed by atoms with E-state index in [2.05, 4.69) is 15.6 Å². The zero-order valence-electron chi connectivity index (χ0n) is 13.5. The second-order valence-corrected chi connectivity index (χ2v) is 5.83. The molecule has 0 aliphatic rings. The molecule has 0 fully saturated rings.